The van der Waals surface area contributed by atoms with E-state index in [-0.39, 0.29) is 18.7 Å². The highest BCUT2D eigenvalue weighted by atomic mass is 16.6. The van der Waals surface area contributed by atoms with Gasteiger partial charge in [-0.2, -0.15) is 0 Å². The van der Waals surface area contributed by atoms with E-state index < -0.39 is 89.0 Å². The highest BCUT2D eigenvalue weighted by molar-refractivity contribution is 6.00. The van der Waals surface area contributed by atoms with E-state index in [0.717, 1.165) is 11.3 Å². The van der Waals surface area contributed by atoms with E-state index in [4.69, 9.17) is 18.9 Å². The number of esters is 2. The maximum absolute atomic E-state index is 14.4. The second-order valence-corrected chi connectivity index (χ2v) is 15.8. The van der Waals surface area contributed by atoms with Crippen molar-refractivity contribution in [1.82, 2.24) is 24.3 Å². The lowest BCUT2D eigenvalue weighted by atomic mass is 9.75. The van der Waals surface area contributed by atoms with Gasteiger partial charge in [-0.3, -0.25) is 19.4 Å². The fourth-order valence-corrected chi connectivity index (χ4v) is 8.44. The molecule has 2 aromatic heterocycles. The Balaban J connectivity index is 1.40. The molecule has 15 heteroatoms. The molecule has 1 saturated carbocycles. The van der Waals surface area contributed by atoms with Crippen LogP contribution in [0.4, 0.5) is 4.79 Å². The zero-order valence-corrected chi connectivity index (χ0v) is 32.8. The molecule has 1 aliphatic carbocycles. The number of nitrogens with zero attached hydrogens (tertiary/aromatic N) is 5. The number of aromatic nitrogens is 3. The molecular weight excluding hydrogens is 698 g/mol. The molecular formula is C39H55N5O10. The number of likely N-dealkylation sites (N-methyl/N-ethyl adjacent to an activating group) is 1. The SMILES string of the molecule is CO[C@@]1(C)CC(C)C(=O)[C@H](C)[C@H]2N(CCCCn3cnc(-c4cccnc4)c3)C(=O)O[C@@]23C(C)C3OC(=O)C(C)C(=O)C(C)C1OC(=O)C(O)CN(C)C. The van der Waals surface area contributed by atoms with E-state index in [1.807, 2.05) is 29.8 Å². The Morgan fingerprint density at radius 2 is 1.78 bits per heavy atom. The minimum absolute atomic E-state index is 0.0244. The third-order valence-electron chi connectivity index (χ3n) is 11.6. The number of aliphatic hydroxyl groups is 1. The second kappa shape index (κ2) is 16.3. The molecule has 0 bridgehead atoms. The largest absolute Gasteiger partial charge is 0.457 e. The average molecular weight is 754 g/mol. The van der Waals surface area contributed by atoms with Crippen molar-refractivity contribution in [2.24, 2.45) is 29.6 Å². The van der Waals surface area contributed by atoms with Crippen LogP contribution in [0.2, 0.25) is 0 Å². The number of unbranched alkanes of at least 4 members (excludes halogenated alkanes) is 1. The molecule has 2 aromatic rings. The zero-order chi connectivity index (χ0) is 39.7. The molecule has 1 amide bonds. The van der Waals surface area contributed by atoms with Gasteiger partial charge in [-0.25, -0.2) is 14.6 Å². The first-order valence-electron chi connectivity index (χ1n) is 18.7. The van der Waals surface area contributed by atoms with Crippen molar-refractivity contribution in [3.63, 3.8) is 0 Å². The number of aliphatic hydroxyl groups excluding tert-OH is 1. The highest BCUT2D eigenvalue weighted by Gasteiger charge is 2.78. The standard InChI is InChI=1S/C39H55N5O10/c1-22-17-38(6,51-9)33(52-36(49)29(45)20-42(7)8)24(3)31(47)25(4)35(48)53-34-26(5)39(34)32(23(2)30(22)46)44(37(50)54-39)16-11-10-15-43-19-28(41-21-43)27-13-12-14-40-18-27/h12-14,18-19,21-26,29,32-34,45H,10-11,15-17,20H2,1-9H3/t22?,23-,24?,25?,26?,29?,32+,33?,34?,38-,39-/m0/s1. The van der Waals surface area contributed by atoms with Gasteiger partial charge in [0, 0.05) is 68.7 Å². The quantitative estimate of drug-likeness (QED) is 0.153. The monoisotopic (exact) mass is 753 g/mol. The van der Waals surface area contributed by atoms with E-state index in [0.29, 0.717) is 25.9 Å². The third kappa shape index (κ3) is 7.94. The first kappa shape index (κ1) is 41.0. The number of aryl methyl sites for hydroxylation is 1. The van der Waals surface area contributed by atoms with Crippen molar-refractivity contribution < 1.29 is 48.0 Å². The number of rotatable bonds is 11. The number of methoxy groups -OCH3 is 1. The summed E-state index contributed by atoms with van der Waals surface area (Å²) in [5.41, 5.74) is -0.955. The predicted octanol–water partition coefficient (Wildman–Crippen LogP) is 3.17. The fraction of sp³-hybridized carbons (Fsp3) is 0.667. The summed E-state index contributed by atoms with van der Waals surface area (Å²) < 4.78 is 25.8. The van der Waals surface area contributed by atoms with Crippen molar-refractivity contribution in [3.8, 4) is 11.3 Å². The smallest absolute Gasteiger partial charge is 0.410 e. The Morgan fingerprint density at radius 3 is 2.43 bits per heavy atom. The van der Waals surface area contributed by atoms with Gasteiger partial charge in [0.15, 0.2) is 23.6 Å². The van der Waals surface area contributed by atoms with Gasteiger partial charge in [0.25, 0.3) is 0 Å². The lowest BCUT2D eigenvalue weighted by Crippen LogP contribution is -2.54. The molecule has 2 aliphatic heterocycles. The summed E-state index contributed by atoms with van der Waals surface area (Å²) in [6.07, 6.45) is 4.22. The number of hydrogen-bond donors (Lipinski definition) is 1. The van der Waals surface area contributed by atoms with Crippen molar-refractivity contribution in [3.05, 3.63) is 37.1 Å². The van der Waals surface area contributed by atoms with Crippen LogP contribution in [-0.2, 0) is 44.7 Å². The van der Waals surface area contributed by atoms with Crippen LogP contribution < -0.4 is 0 Å². The summed E-state index contributed by atoms with van der Waals surface area (Å²) in [5, 5.41) is 10.6. The van der Waals surface area contributed by atoms with Crippen LogP contribution in [-0.4, -0.2) is 129 Å². The fourth-order valence-electron chi connectivity index (χ4n) is 8.44. The number of ether oxygens (including phenoxy) is 4. The van der Waals surface area contributed by atoms with Crippen LogP contribution >= 0.6 is 0 Å². The maximum Gasteiger partial charge on any atom is 0.410 e. The molecule has 0 radical (unpaired) electrons. The molecule has 7 unspecified atom stereocenters. The number of pyridine rings is 1. The Bertz CT molecular complexity index is 1700. The Kier molecular flexibility index (Phi) is 12.3. The molecule has 5 rings (SSSR count). The first-order valence-corrected chi connectivity index (χ1v) is 18.7. The van der Waals surface area contributed by atoms with Gasteiger partial charge in [0.1, 0.15) is 23.4 Å². The lowest BCUT2D eigenvalue weighted by Gasteiger charge is -2.41. The number of carbonyl (C=O) groups excluding carboxylic acids is 5. The van der Waals surface area contributed by atoms with Crippen LogP contribution in [0.5, 0.6) is 0 Å². The summed E-state index contributed by atoms with van der Waals surface area (Å²) in [5.74, 6) is -6.79. The molecule has 3 fully saturated rings. The van der Waals surface area contributed by atoms with Gasteiger partial charge >= 0.3 is 18.0 Å². The van der Waals surface area contributed by atoms with Crippen LogP contribution in [0, 0.1) is 29.6 Å². The molecule has 15 nitrogen and oxygen atoms in total. The van der Waals surface area contributed by atoms with Gasteiger partial charge in [-0.15, -0.1) is 0 Å². The van der Waals surface area contributed by atoms with Crippen molar-refractivity contribution in [2.75, 3.05) is 34.3 Å². The second-order valence-electron chi connectivity index (χ2n) is 15.8. The van der Waals surface area contributed by atoms with Crippen molar-refractivity contribution >= 4 is 29.6 Å². The highest BCUT2D eigenvalue weighted by Crippen LogP contribution is 2.59. The Labute approximate surface area is 316 Å². The molecule has 4 heterocycles. The van der Waals surface area contributed by atoms with Gasteiger partial charge in [-0.05, 0) is 59.3 Å². The Morgan fingerprint density at radius 1 is 1.07 bits per heavy atom. The van der Waals surface area contributed by atoms with Gasteiger partial charge in [0.05, 0.1) is 24.0 Å². The van der Waals surface area contributed by atoms with Gasteiger partial charge in [-0.1, -0.05) is 27.7 Å². The first-order chi connectivity index (χ1) is 25.5. The summed E-state index contributed by atoms with van der Waals surface area (Å²) >= 11 is 0. The molecule has 54 heavy (non-hydrogen) atoms. The summed E-state index contributed by atoms with van der Waals surface area (Å²) in [6, 6.07) is 3.04. The van der Waals surface area contributed by atoms with Gasteiger partial charge in [0.2, 0.25) is 0 Å². The third-order valence-corrected chi connectivity index (χ3v) is 11.6. The van der Waals surface area contributed by atoms with E-state index in [1.54, 1.807) is 63.4 Å². The molecule has 0 aromatic carbocycles. The summed E-state index contributed by atoms with van der Waals surface area (Å²) in [4.78, 5) is 80.7. The summed E-state index contributed by atoms with van der Waals surface area (Å²) in [7, 11) is 4.77. The van der Waals surface area contributed by atoms with Gasteiger partial charge < -0.3 is 38.4 Å². The lowest BCUT2D eigenvalue weighted by molar-refractivity contribution is -0.188. The molecule has 1 spiro atoms. The van der Waals surface area contributed by atoms with Crippen LogP contribution in [0.15, 0.2) is 37.1 Å². The molecule has 11 atom stereocenters. The van der Waals surface area contributed by atoms with E-state index in [9.17, 15) is 29.1 Å². The number of amides is 1. The average Bonchev–Trinajstić information content (AvgIpc) is 3.44. The summed E-state index contributed by atoms with van der Waals surface area (Å²) in [6.45, 7) is 10.8. The van der Waals surface area contributed by atoms with Crippen LogP contribution in [0.3, 0.4) is 0 Å². The maximum atomic E-state index is 14.4. The van der Waals surface area contributed by atoms with E-state index >= 15 is 0 Å². The number of hydrogen-bond acceptors (Lipinski definition) is 13. The minimum Gasteiger partial charge on any atom is -0.457 e. The molecule has 3 aliphatic rings. The van der Waals surface area contributed by atoms with Crippen molar-refractivity contribution in [2.45, 2.75) is 103 Å². The number of imidazole rings is 1. The number of Topliss-reactive ketones (excluding diaryl/α,β-unsaturated/α-hetero) is 2. The zero-order valence-electron chi connectivity index (χ0n) is 32.8. The predicted molar refractivity (Wildman–Crippen MR) is 195 cm³/mol. The minimum atomic E-state index is -1.52. The number of ketones is 2. The van der Waals surface area contributed by atoms with E-state index in [2.05, 4.69) is 9.97 Å². The Hall–Kier alpha value is -4.21. The van der Waals surface area contributed by atoms with E-state index in [1.165, 1.54) is 21.0 Å². The topological polar surface area (TPSA) is 180 Å². The molecule has 296 valence electrons. The number of carbonyl (C=O) groups is 5. The van der Waals surface area contributed by atoms with Crippen LogP contribution in [0.1, 0.15) is 60.8 Å². The normalized spacial score (nSPS) is 33.7. The van der Waals surface area contributed by atoms with Crippen molar-refractivity contribution in [1.29, 1.82) is 0 Å². The van der Waals surface area contributed by atoms with Crippen LogP contribution in [0.25, 0.3) is 11.3 Å². The molecule has 2 saturated heterocycles. The molecule has 1 N–H and O–H groups in total.